The van der Waals surface area contributed by atoms with Gasteiger partial charge in [0.2, 0.25) is 0 Å². The number of aromatic nitrogens is 3. The molecule has 9 nitrogen and oxygen atoms in total. The van der Waals surface area contributed by atoms with Crippen LogP contribution < -0.4 is 28.9 Å². The molecule has 8 aromatic carbocycles. The Labute approximate surface area is 387 Å². The summed E-state index contributed by atoms with van der Waals surface area (Å²) in [5.41, 5.74) is 11.5. The van der Waals surface area contributed by atoms with Gasteiger partial charge >= 0.3 is 0 Å². The van der Waals surface area contributed by atoms with Gasteiger partial charge in [0, 0.05) is 40.2 Å². The molecular formula is C58H40N6O3. The predicted molar refractivity (Wildman–Crippen MR) is 265 cm³/mol. The molecule has 9 aromatic rings. The standard InChI is InChI=1S/C58H40N6O3/c1-37-22-35-49-55(36-37)67-54-21-11-6-16-48(54)64(49)43-33-27-40(28-34-43)58-60-56(38-23-29-41(30-24-38)62-44-12-2-7-17-50(44)65-51-18-8-3-13-45(51)62)59-57(61-58)39-25-31-42(32-26-39)63-46-14-4-9-19-52(46)66-53-20-10-5-15-47(53)63/h2-35,37H,36H2,1H3. The van der Waals surface area contributed by atoms with Crippen molar-refractivity contribution < 1.29 is 14.2 Å². The first-order valence-electron chi connectivity index (χ1n) is 22.5. The molecule has 320 valence electrons. The van der Waals surface area contributed by atoms with E-state index in [-0.39, 0.29) is 0 Å². The molecule has 0 saturated carbocycles. The number of anilines is 8. The van der Waals surface area contributed by atoms with Crippen LogP contribution in [0.1, 0.15) is 13.3 Å². The fourth-order valence-corrected chi connectivity index (χ4v) is 9.38. The Morgan fingerprint density at radius 2 is 0.687 bits per heavy atom. The third-order valence-corrected chi connectivity index (χ3v) is 12.6. The van der Waals surface area contributed by atoms with Crippen LogP contribution in [0.5, 0.6) is 28.7 Å². The molecule has 1 aliphatic carbocycles. The molecule has 0 bridgehead atoms. The number of rotatable bonds is 6. The minimum absolute atomic E-state index is 0.397. The van der Waals surface area contributed by atoms with E-state index in [0.29, 0.717) is 23.4 Å². The summed E-state index contributed by atoms with van der Waals surface area (Å²) >= 11 is 0. The zero-order chi connectivity index (χ0) is 44.4. The van der Waals surface area contributed by atoms with Crippen molar-refractivity contribution in [2.45, 2.75) is 13.3 Å². The number of hydrogen-bond donors (Lipinski definition) is 0. The number of allylic oxidation sites excluding steroid dienone is 3. The average Bonchev–Trinajstić information content (AvgIpc) is 3.39. The van der Waals surface area contributed by atoms with Crippen molar-refractivity contribution in [2.75, 3.05) is 14.7 Å². The fourth-order valence-electron chi connectivity index (χ4n) is 9.38. The van der Waals surface area contributed by atoms with Crippen LogP contribution in [0.4, 0.5) is 45.5 Å². The van der Waals surface area contributed by atoms with E-state index >= 15 is 0 Å². The second-order valence-electron chi connectivity index (χ2n) is 16.9. The lowest BCUT2D eigenvalue weighted by Gasteiger charge is -2.36. The maximum absolute atomic E-state index is 6.45. The molecule has 3 aliphatic heterocycles. The van der Waals surface area contributed by atoms with E-state index in [9.17, 15) is 0 Å². The maximum Gasteiger partial charge on any atom is 0.164 e. The Bertz CT molecular complexity index is 3210. The molecule has 13 rings (SSSR count). The first-order valence-corrected chi connectivity index (χ1v) is 22.5. The topological polar surface area (TPSA) is 76.1 Å². The van der Waals surface area contributed by atoms with E-state index in [4.69, 9.17) is 29.2 Å². The Hall–Kier alpha value is -8.95. The smallest absolute Gasteiger partial charge is 0.164 e. The Morgan fingerprint density at radius 3 is 1.06 bits per heavy atom. The van der Waals surface area contributed by atoms with Crippen LogP contribution in [0.25, 0.3) is 34.2 Å². The van der Waals surface area contributed by atoms with Crippen molar-refractivity contribution in [1.29, 1.82) is 0 Å². The lowest BCUT2D eigenvalue weighted by Crippen LogP contribution is -2.26. The van der Waals surface area contributed by atoms with Gasteiger partial charge in [0.25, 0.3) is 0 Å². The molecular weight excluding hydrogens is 829 g/mol. The minimum Gasteiger partial charge on any atom is -0.457 e. The highest BCUT2D eigenvalue weighted by Gasteiger charge is 2.31. The zero-order valence-corrected chi connectivity index (χ0v) is 36.3. The molecule has 0 fully saturated rings. The molecule has 1 atom stereocenters. The zero-order valence-electron chi connectivity index (χ0n) is 36.3. The molecule has 67 heavy (non-hydrogen) atoms. The van der Waals surface area contributed by atoms with Gasteiger partial charge in [-0.25, -0.2) is 15.0 Å². The van der Waals surface area contributed by atoms with Gasteiger partial charge in [0.05, 0.1) is 34.1 Å². The Balaban J connectivity index is 0.898. The van der Waals surface area contributed by atoms with Gasteiger partial charge in [0.1, 0.15) is 5.76 Å². The van der Waals surface area contributed by atoms with Gasteiger partial charge in [-0.3, -0.25) is 0 Å². The van der Waals surface area contributed by atoms with Gasteiger partial charge in [-0.1, -0.05) is 73.7 Å². The molecule has 1 unspecified atom stereocenters. The van der Waals surface area contributed by atoms with Crippen LogP contribution >= 0.6 is 0 Å². The highest BCUT2D eigenvalue weighted by molar-refractivity contribution is 5.88. The van der Waals surface area contributed by atoms with Crippen LogP contribution in [0.15, 0.2) is 218 Å². The molecule has 1 aromatic heterocycles. The third-order valence-electron chi connectivity index (χ3n) is 12.6. The highest BCUT2D eigenvalue weighted by Crippen LogP contribution is 2.52. The Kier molecular flexibility index (Phi) is 8.99. The van der Waals surface area contributed by atoms with Crippen LogP contribution in [0.2, 0.25) is 0 Å². The van der Waals surface area contributed by atoms with Crippen LogP contribution in [-0.2, 0) is 0 Å². The largest absolute Gasteiger partial charge is 0.457 e. The first-order chi connectivity index (χ1) is 33.1. The van der Waals surface area contributed by atoms with Crippen molar-refractivity contribution in [3.63, 3.8) is 0 Å². The summed E-state index contributed by atoms with van der Waals surface area (Å²) in [5.74, 6) is 7.13. The van der Waals surface area contributed by atoms with E-state index in [2.05, 4.69) is 143 Å². The van der Waals surface area contributed by atoms with Crippen LogP contribution in [0.3, 0.4) is 0 Å². The molecule has 0 N–H and O–H groups in total. The van der Waals surface area contributed by atoms with Crippen molar-refractivity contribution in [3.05, 3.63) is 218 Å². The summed E-state index contributed by atoms with van der Waals surface area (Å²) in [6.45, 7) is 2.22. The monoisotopic (exact) mass is 868 g/mol. The van der Waals surface area contributed by atoms with E-state index in [1.54, 1.807) is 0 Å². The molecule has 9 heteroatoms. The summed E-state index contributed by atoms with van der Waals surface area (Å²) in [4.78, 5) is 22.3. The SMILES string of the molecule is CC1C=CC2=C(C1)Oc1ccccc1N2c1ccc(-c2nc(-c3ccc(N4c5ccccc5Oc5ccccc54)cc3)nc(-c3ccc(N4c5ccccc5Oc5ccccc54)cc3)n2)cc1. The molecule has 0 spiro atoms. The highest BCUT2D eigenvalue weighted by atomic mass is 16.5. The van der Waals surface area contributed by atoms with Crippen LogP contribution in [0, 0.1) is 5.92 Å². The molecule has 4 aliphatic rings. The lowest BCUT2D eigenvalue weighted by molar-refractivity contribution is 0.371. The van der Waals surface area contributed by atoms with Crippen molar-refractivity contribution in [1.82, 2.24) is 15.0 Å². The van der Waals surface area contributed by atoms with Gasteiger partial charge in [-0.05, 0) is 145 Å². The number of hydrogen-bond acceptors (Lipinski definition) is 9. The molecule has 4 heterocycles. The number of nitrogens with zero attached hydrogens (tertiary/aromatic N) is 6. The summed E-state index contributed by atoms with van der Waals surface area (Å²) in [6, 6.07) is 65.9. The minimum atomic E-state index is 0.397. The summed E-state index contributed by atoms with van der Waals surface area (Å²) < 4.78 is 19.1. The van der Waals surface area contributed by atoms with E-state index in [1.807, 2.05) is 84.9 Å². The van der Waals surface area contributed by atoms with Gasteiger partial charge in [-0.2, -0.15) is 0 Å². The second kappa shape index (κ2) is 15.6. The number of benzene rings is 8. The van der Waals surface area contributed by atoms with Gasteiger partial charge < -0.3 is 28.9 Å². The summed E-state index contributed by atoms with van der Waals surface area (Å²) in [5, 5.41) is 0. The Morgan fingerprint density at radius 1 is 0.373 bits per heavy atom. The van der Waals surface area contributed by atoms with Crippen molar-refractivity contribution in [3.8, 4) is 62.9 Å². The van der Waals surface area contributed by atoms with Crippen molar-refractivity contribution in [2.24, 2.45) is 5.92 Å². The maximum atomic E-state index is 6.45. The van der Waals surface area contributed by atoms with Crippen molar-refractivity contribution >= 4 is 45.5 Å². The quantitative estimate of drug-likeness (QED) is 0.162. The van der Waals surface area contributed by atoms with E-state index < -0.39 is 0 Å². The van der Waals surface area contributed by atoms with E-state index in [0.717, 1.165) is 109 Å². The first kappa shape index (κ1) is 38.5. The third kappa shape index (κ3) is 6.67. The number of ether oxygens (including phenoxy) is 3. The molecule has 0 amide bonds. The average molecular weight is 869 g/mol. The van der Waals surface area contributed by atoms with Gasteiger partial charge in [0.15, 0.2) is 46.2 Å². The normalized spacial score (nSPS) is 15.2. The van der Waals surface area contributed by atoms with Crippen LogP contribution in [-0.4, -0.2) is 15.0 Å². The molecule has 0 radical (unpaired) electrons. The number of para-hydroxylation sites is 10. The number of fused-ring (bicyclic) bond motifs is 5. The second-order valence-corrected chi connectivity index (χ2v) is 16.9. The van der Waals surface area contributed by atoms with E-state index in [1.165, 1.54) is 0 Å². The molecule has 0 saturated heterocycles. The fraction of sp³-hybridized carbons (Fsp3) is 0.0517. The predicted octanol–water partition coefficient (Wildman–Crippen LogP) is 15.4. The summed E-state index contributed by atoms with van der Waals surface area (Å²) in [6.07, 6.45) is 5.27. The lowest BCUT2D eigenvalue weighted by atomic mass is 9.97. The summed E-state index contributed by atoms with van der Waals surface area (Å²) in [7, 11) is 0. The van der Waals surface area contributed by atoms with Gasteiger partial charge in [-0.15, -0.1) is 0 Å².